The van der Waals surface area contributed by atoms with E-state index in [1.54, 1.807) is 27.7 Å². The van der Waals surface area contributed by atoms with Crippen molar-refractivity contribution >= 4 is 57.7 Å². The fraction of sp³-hybridized carbons (Fsp3) is 0.500. The topological polar surface area (TPSA) is 161 Å². The molecule has 0 aliphatic rings. The lowest BCUT2D eigenvalue weighted by Crippen LogP contribution is -2.30. The van der Waals surface area contributed by atoms with Gasteiger partial charge in [0.1, 0.15) is 0 Å². The van der Waals surface area contributed by atoms with E-state index < -0.39 is 56.9 Å². The Morgan fingerprint density at radius 3 is 2.06 bits per heavy atom. The molecule has 16 heteroatoms. The largest absolute Gasteiger partial charge is 0.510 e. The number of hydrogen-bond donors (Lipinski definition) is 1. The minimum absolute atomic E-state index is 0.0107. The summed E-state index contributed by atoms with van der Waals surface area (Å²) >= 11 is 7.48. The first kappa shape index (κ1) is 31.9. The number of H-pyrrole nitrogens is 1. The van der Waals surface area contributed by atoms with Crippen LogP contribution in [-0.4, -0.2) is 53.8 Å². The molecular weight excluding hydrogens is 638 g/mol. The molecule has 1 heterocycles. The Labute approximate surface area is 225 Å². The Hall–Kier alpha value is -2.13. The molecule has 0 amide bonds. The monoisotopic (exact) mass is 664 g/mol. The Bertz CT molecular complexity index is 1080. The van der Waals surface area contributed by atoms with Gasteiger partial charge in [0.2, 0.25) is 13.6 Å². The maximum atomic E-state index is 13.0. The van der Waals surface area contributed by atoms with Gasteiger partial charge in [-0.25, -0.2) is 14.4 Å². The summed E-state index contributed by atoms with van der Waals surface area (Å²) in [4.78, 5) is 49.1. The van der Waals surface area contributed by atoms with Crippen LogP contribution in [0.3, 0.4) is 0 Å². The van der Waals surface area contributed by atoms with Gasteiger partial charge in [0.05, 0.1) is 23.9 Å². The van der Waals surface area contributed by atoms with Crippen LogP contribution in [0.4, 0.5) is 9.59 Å². The number of carbonyl (C=O) groups excluding carboxylic acids is 2. The van der Waals surface area contributed by atoms with Crippen LogP contribution in [0.5, 0.6) is 0 Å². The van der Waals surface area contributed by atoms with E-state index in [9.17, 15) is 23.7 Å². The first-order valence-electron chi connectivity index (χ1n) is 10.4. The second-order valence-electron chi connectivity index (χ2n) is 7.29. The highest BCUT2D eigenvalue weighted by Crippen LogP contribution is 2.48. The van der Waals surface area contributed by atoms with Gasteiger partial charge < -0.3 is 18.9 Å². The number of allylic oxidation sites excluding steroid dienone is 2. The van der Waals surface area contributed by atoms with Crippen LogP contribution in [0.15, 0.2) is 33.5 Å². The van der Waals surface area contributed by atoms with E-state index in [1.165, 1.54) is 28.5 Å². The zero-order valence-corrected chi connectivity index (χ0v) is 23.7. The molecule has 202 valence electrons. The molecule has 0 bridgehead atoms. The van der Waals surface area contributed by atoms with Crippen molar-refractivity contribution in [1.29, 1.82) is 0 Å². The fourth-order valence-corrected chi connectivity index (χ4v) is 3.79. The van der Waals surface area contributed by atoms with Crippen molar-refractivity contribution in [3.63, 3.8) is 0 Å². The lowest BCUT2D eigenvalue weighted by Gasteiger charge is -2.17. The Morgan fingerprint density at radius 1 is 1.06 bits per heavy atom. The number of halogens is 2. The molecule has 0 radical (unpaired) electrons. The number of aromatic nitrogens is 2. The lowest BCUT2D eigenvalue weighted by atomic mass is 10.3. The summed E-state index contributed by atoms with van der Waals surface area (Å²) in [6.07, 6.45) is 0.841. The smallest absolute Gasteiger partial charge is 0.432 e. The third kappa shape index (κ3) is 12.2. The Balaban J connectivity index is 2.86. The van der Waals surface area contributed by atoms with Crippen LogP contribution in [0.1, 0.15) is 33.3 Å². The minimum Gasteiger partial charge on any atom is -0.432 e. The highest BCUT2D eigenvalue weighted by Gasteiger charge is 2.25. The van der Waals surface area contributed by atoms with E-state index in [0.717, 1.165) is 0 Å². The van der Waals surface area contributed by atoms with Gasteiger partial charge in [-0.3, -0.25) is 28.0 Å². The van der Waals surface area contributed by atoms with Crippen molar-refractivity contribution in [1.82, 2.24) is 9.55 Å². The van der Waals surface area contributed by atoms with Crippen molar-refractivity contribution in [3.05, 3.63) is 50.3 Å². The van der Waals surface area contributed by atoms with Crippen molar-refractivity contribution in [2.24, 2.45) is 0 Å². The number of aromatic amines is 1. The molecule has 0 aliphatic carbocycles. The number of nitrogens with one attached hydrogen (secondary N) is 1. The van der Waals surface area contributed by atoms with Gasteiger partial charge in [0, 0.05) is 21.9 Å². The summed E-state index contributed by atoms with van der Waals surface area (Å²) in [5.74, 6) is 0. The highest BCUT2D eigenvalue weighted by molar-refractivity contribution is 14.1. The lowest BCUT2D eigenvalue weighted by molar-refractivity contribution is -0.0298. The number of hydrogen-bond acceptors (Lipinski definition) is 11. The second kappa shape index (κ2) is 15.9. The van der Waals surface area contributed by atoms with Crippen LogP contribution >= 0.6 is 41.8 Å². The maximum Gasteiger partial charge on any atom is 0.510 e. The number of rotatable bonds is 13. The SMILES string of the molecule is CC(C)OC(=O)OCOP(=O)(C/C=C/Cn1cc(/C(I)=C/Cl)c(=O)[nH]c1=O)OCOC(=O)OC(C)C. The normalized spacial score (nSPS) is 12.3. The fourth-order valence-electron chi connectivity index (χ4n) is 2.17. The molecule has 1 aromatic heterocycles. The van der Waals surface area contributed by atoms with Crippen LogP contribution < -0.4 is 11.2 Å². The number of carbonyl (C=O) groups is 2. The van der Waals surface area contributed by atoms with E-state index in [0.29, 0.717) is 3.58 Å². The molecule has 0 aromatic carbocycles. The third-order valence-corrected chi connectivity index (χ3v) is 6.81. The van der Waals surface area contributed by atoms with Gasteiger partial charge in [-0.1, -0.05) is 23.8 Å². The third-order valence-electron chi connectivity index (χ3n) is 3.68. The van der Waals surface area contributed by atoms with E-state index in [2.05, 4.69) is 14.5 Å². The molecule has 36 heavy (non-hydrogen) atoms. The van der Waals surface area contributed by atoms with Gasteiger partial charge in [-0.15, -0.1) is 0 Å². The first-order chi connectivity index (χ1) is 16.9. The van der Waals surface area contributed by atoms with Crippen LogP contribution in [-0.2, 0) is 39.1 Å². The van der Waals surface area contributed by atoms with Gasteiger partial charge in [-0.2, -0.15) is 0 Å². The summed E-state index contributed by atoms with van der Waals surface area (Å²) in [5, 5.41) is 0. The van der Waals surface area contributed by atoms with Crippen LogP contribution in [0.25, 0.3) is 3.58 Å². The predicted molar refractivity (Wildman–Crippen MR) is 138 cm³/mol. The molecule has 1 rings (SSSR count). The van der Waals surface area contributed by atoms with Gasteiger partial charge in [0.15, 0.2) is 0 Å². The van der Waals surface area contributed by atoms with E-state index >= 15 is 0 Å². The van der Waals surface area contributed by atoms with Crippen LogP contribution in [0, 0.1) is 0 Å². The summed E-state index contributed by atoms with van der Waals surface area (Å²) in [7, 11) is -4.00. The molecular formula is C20H27ClIN2O11P. The van der Waals surface area contributed by atoms with E-state index in [4.69, 9.17) is 30.1 Å². The van der Waals surface area contributed by atoms with Crippen molar-refractivity contribution in [2.75, 3.05) is 19.7 Å². The van der Waals surface area contributed by atoms with Gasteiger partial charge in [-0.05, 0) is 50.3 Å². The molecule has 0 aliphatic heterocycles. The van der Waals surface area contributed by atoms with E-state index in [-0.39, 0.29) is 18.3 Å². The van der Waals surface area contributed by atoms with Crippen molar-refractivity contribution in [2.45, 2.75) is 46.4 Å². The summed E-state index contributed by atoms with van der Waals surface area (Å²) in [6.45, 7) is 4.90. The number of nitrogens with zero attached hydrogens (tertiary/aromatic N) is 1. The number of ether oxygens (including phenoxy) is 4. The van der Waals surface area contributed by atoms with Gasteiger partial charge >= 0.3 is 25.6 Å². The summed E-state index contributed by atoms with van der Waals surface area (Å²) in [6, 6.07) is 0. The zero-order chi connectivity index (χ0) is 27.3. The van der Waals surface area contributed by atoms with Gasteiger partial charge in [0.25, 0.3) is 5.56 Å². The Kier molecular flexibility index (Phi) is 14.1. The molecule has 0 spiro atoms. The summed E-state index contributed by atoms with van der Waals surface area (Å²) in [5.41, 5.74) is 0.113. The molecule has 0 unspecified atom stereocenters. The minimum atomic E-state index is -4.00. The first-order valence-corrected chi connectivity index (χ1v) is 13.6. The van der Waals surface area contributed by atoms with Crippen molar-refractivity contribution < 1.29 is 42.1 Å². The molecule has 0 atom stereocenters. The molecule has 0 saturated carbocycles. The zero-order valence-electron chi connectivity index (χ0n) is 19.9. The second-order valence-corrected chi connectivity index (χ2v) is 10.8. The average molecular weight is 665 g/mol. The highest BCUT2D eigenvalue weighted by atomic mass is 127. The van der Waals surface area contributed by atoms with Crippen molar-refractivity contribution in [3.8, 4) is 0 Å². The predicted octanol–water partition coefficient (Wildman–Crippen LogP) is 4.33. The molecule has 1 N–H and O–H groups in total. The van der Waals surface area contributed by atoms with E-state index in [1.807, 2.05) is 22.6 Å². The summed E-state index contributed by atoms with van der Waals surface area (Å²) < 4.78 is 43.7. The molecule has 0 fully saturated rings. The Morgan fingerprint density at radius 2 is 1.58 bits per heavy atom. The average Bonchev–Trinajstić information content (AvgIpc) is 2.76. The standard InChI is InChI=1S/C20H27ClIN2O11P/c1-13(2)34-19(27)30-11-32-36(29,33-12-31-20(28)35-14(3)4)8-6-5-7-24-10-15(16(22)9-21)17(25)23-18(24)26/h5-6,9-10,13-14H,7-8,11-12H2,1-4H3,(H,23,25,26)/b6-5+,16-9-. The molecule has 13 nitrogen and oxygen atoms in total. The maximum absolute atomic E-state index is 13.0. The molecule has 0 saturated heterocycles. The van der Waals surface area contributed by atoms with Crippen LogP contribution in [0.2, 0.25) is 0 Å². The quantitative estimate of drug-likeness (QED) is 0.105. The molecule has 1 aromatic rings.